The van der Waals surface area contributed by atoms with Gasteiger partial charge in [0.25, 0.3) is 0 Å². The molecule has 2 aliphatic rings. The lowest BCUT2D eigenvalue weighted by Gasteiger charge is -2.29. The second-order valence-electron chi connectivity index (χ2n) is 6.87. The van der Waals surface area contributed by atoms with Crippen LogP contribution in [0, 0.1) is 13.8 Å². The Hall–Kier alpha value is -1.40. The number of hydrogen-bond donors (Lipinski definition) is 1. The number of likely N-dealkylation sites (tertiary alicyclic amines) is 1. The van der Waals surface area contributed by atoms with Gasteiger partial charge in [0.05, 0.1) is 17.8 Å². The Kier molecular flexibility index (Phi) is 4.73. The number of hydrogen-bond acceptors (Lipinski definition) is 4. The second kappa shape index (κ2) is 6.61. The number of aryl methyl sites for hydroxylation is 2. The second-order valence-corrected chi connectivity index (χ2v) is 6.87. The molecule has 0 aliphatic carbocycles. The molecule has 2 saturated heterocycles. The first-order valence-electron chi connectivity index (χ1n) is 8.59. The number of nitrogens with one attached hydrogen (secondary N) is 1. The minimum absolute atomic E-state index is 0.0554. The van der Waals surface area contributed by atoms with Gasteiger partial charge in [0.2, 0.25) is 5.91 Å². The van der Waals surface area contributed by atoms with Crippen molar-refractivity contribution in [3.05, 3.63) is 17.0 Å². The minimum Gasteiger partial charge on any atom is -0.377 e. The molecule has 6 nitrogen and oxygen atoms in total. The highest BCUT2D eigenvalue weighted by atomic mass is 16.5. The van der Waals surface area contributed by atoms with Crippen LogP contribution in [0.2, 0.25) is 0 Å². The number of amides is 1. The van der Waals surface area contributed by atoms with E-state index in [1.165, 1.54) is 12.0 Å². The van der Waals surface area contributed by atoms with E-state index in [4.69, 9.17) is 4.74 Å². The molecule has 1 aromatic rings. The number of ether oxygens (including phenoxy) is 1. The summed E-state index contributed by atoms with van der Waals surface area (Å²) in [5, 5.41) is 8.13. The molecule has 0 aromatic carbocycles. The van der Waals surface area contributed by atoms with Gasteiger partial charge in [-0.05, 0) is 33.1 Å². The van der Waals surface area contributed by atoms with E-state index in [1.807, 2.05) is 30.6 Å². The maximum atomic E-state index is 12.3. The minimum atomic E-state index is 0.0554. The third-order valence-electron chi connectivity index (χ3n) is 5.33. The number of aromatic nitrogens is 2. The van der Waals surface area contributed by atoms with Crippen molar-refractivity contribution in [2.45, 2.75) is 57.7 Å². The van der Waals surface area contributed by atoms with Gasteiger partial charge in [-0.3, -0.25) is 9.48 Å². The third-order valence-corrected chi connectivity index (χ3v) is 5.33. The van der Waals surface area contributed by atoms with Crippen LogP contribution in [-0.2, 0) is 16.6 Å². The zero-order valence-electron chi connectivity index (χ0n) is 14.6. The maximum absolute atomic E-state index is 12.3. The number of rotatable bonds is 4. The highest BCUT2D eigenvalue weighted by Crippen LogP contribution is 2.35. The Labute approximate surface area is 138 Å². The predicted molar refractivity (Wildman–Crippen MR) is 88.2 cm³/mol. The first kappa shape index (κ1) is 16.5. The molecule has 1 aromatic heterocycles. The summed E-state index contributed by atoms with van der Waals surface area (Å²) < 4.78 is 7.71. The summed E-state index contributed by atoms with van der Waals surface area (Å²) in [4.78, 5) is 14.1. The molecule has 23 heavy (non-hydrogen) atoms. The third kappa shape index (κ3) is 3.15. The van der Waals surface area contributed by atoms with Crippen molar-refractivity contribution >= 4 is 5.91 Å². The van der Waals surface area contributed by atoms with E-state index >= 15 is 0 Å². The zero-order chi connectivity index (χ0) is 16.6. The summed E-state index contributed by atoms with van der Waals surface area (Å²) >= 11 is 0. The molecule has 0 saturated carbocycles. The summed E-state index contributed by atoms with van der Waals surface area (Å²) in [6.45, 7) is 5.79. The molecule has 2 aliphatic heterocycles. The molecular formula is C17H28N4O2. The van der Waals surface area contributed by atoms with Crippen molar-refractivity contribution < 1.29 is 9.53 Å². The standard InChI is InChI=1S/C17H28N4O2/c1-11-16(12(2)21(4)19-11)17-14(9-15(22)20(17)3)18-10-13-7-5-6-8-23-13/h13-14,17-18H,5-10H2,1-4H3/t13-,14-,17-/m1/s1. The predicted octanol–water partition coefficient (Wildman–Crippen LogP) is 1.47. The molecule has 0 spiro atoms. The molecule has 6 heteroatoms. The Bertz CT molecular complexity index is 577. The lowest BCUT2D eigenvalue weighted by molar-refractivity contribution is -0.127. The summed E-state index contributed by atoms with van der Waals surface area (Å²) in [5.74, 6) is 0.194. The van der Waals surface area contributed by atoms with Crippen molar-refractivity contribution in [3.63, 3.8) is 0 Å². The molecule has 2 fully saturated rings. The van der Waals surface area contributed by atoms with Gasteiger partial charge < -0.3 is 15.0 Å². The molecule has 3 atom stereocenters. The van der Waals surface area contributed by atoms with Gasteiger partial charge in [-0.15, -0.1) is 0 Å². The number of carbonyl (C=O) groups excluding carboxylic acids is 1. The smallest absolute Gasteiger partial charge is 0.224 e. The van der Waals surface area contributed by atoms with Crippen molar-refractivity contribution in [2.24, 2.45) is 7.05 Å². The SMILES string of the molecule is Cc1nn(C)c(C)c1[C@H]1[C@H](NC[C@H]2CCCCO2)CC(=O)N1C. The lowest BCUT2D eigenvalue weighted by Crippen LogP contribution is -2.41. The van der Waals surface area contributed by atoms with Gasteiger partial charge in [0, 0.05) is 51.0 Å². The Morgan fingerprint density at radius 3 is 2.70 bits per heavy atom. The normalized spacial score (nSPS) is 28.6. The fourth-order valence-corrected chi connectivity index (χ4v) is 3.92. The average Bonchev–Trinajstić information content (AvgIpc) is 2.95. The average molecular weight is 320 g/mol. The van der Waals surface area contributed by atoms with Gasteiger partial charge in [-0.25, -0.2) is 0 Å². The van der Waals surface area contributed by atoms with Gasteiger partial charge in [0.1, 0.15) is 0 Å². The quantitative estimate of drug-likeness (QED) is 0.913. The van der Waals surface area contributed by atoms with E-state index in [0.29, 0.717) is 6.42 Å². The highest BCUT2D eigenvalue weighted by molar-refractivity contribution is 5.80. The van der Waals surface area contributed by atoms with E-state index in [2.05, 4.69) is 17.3 Å². The molecule has 0 radical (unpaired) electrons. The maximum Gasteiger partial charge on any atom is 0.224 e. The fraction of sp³-hybridized carbons (Fsp3) is 0.765. The van der Waals surface area contributed by atoms with Gasteiger partial charge in [-0.2, -0.15) is 5.10 Å². The Balaban J connectivity index is 1.76. The van der Waals surface area contributed by atoms with Crippen molar-refractivity contribution in [1.29, 1.82) is 0 Å². The van der Waals surface area contributed by atoms with Crippen molar-refractivity contribution in [1.82, 2.24) is 20.0 Å². The van der Waals surface area contributed by atoms with Crippen LogP contribution >= 0.6 is 0 Å². The molecule has 1 N–H and O–H groups in total. The lowest BCUT2D eigenvalue weighted by atomic mass is 9.98. The molecule has 3 rings (SSSR count). The van der Waals surface area contributed by atoms with Crippen molar-refractivity contribution in [3.8, 4) is 0 Å². The van der Waals surface area contributed by atoms with E-state index in [0.717, 1.165) is 37.4 Å². The topological polar surface area (TPSA) is 59.4 Å². The molecular weight excluding hydrogens is 292 g/mol. The largest absolute Gasteiger partial charge is 0.377 e. The molecule has 3 heterocycles. The molecule has 0 unspecified atom stereocenters. The van der Waals surface area contributed by atoms with Crippen molar-refractivity contribution in [2.75, 3.05) is 20.2 Å². The summed E-state index contributed by atoms with van der Waals surface area (Å²) in [5.41, 5.74) is 3.33. The van der Waals surface area contributed by atoms with Gasteiger partial charge >= 0.3 is 0 Å². The monoisotopic (exact) mass is 320 g/mol. The fourth-order valence-electron chi connectivity index (χ4n) is 3.92. The summed E-state index contributed by atoms with van der Waals surface area (Å²) in [6, 6.07) is 0.180. The van der Waals surface area contributed by atoms with Crippen LogP contribution in [0.1, 0.15) is 48.7 Å². The first-order chi connectivity index (χ1) is 11.0. The molecule has 128 valence electrons. The van der Waals surface area contributed by atoms with Crippen LogP contribution in [0.5, 0.6) is 0 Å². The van der Waals surface area contributed by atoms with E-state index in [1.54, 1.807) is 0 Å². The van der Waals surface area contributed by atoms with E-state index in [-0.39, 0.29) is 24.1 Å². The van der Waals surface area contributed by atoms with Crippen LogP contribution in [0.15, 0.2) is 0 Å². The van der Waals surface area contributed by atoms with E-state index < -0.39 is 0 Å². The molecule has 0 bridgehead atoms. The van der Waals surface area contributed by atoms with Crippen LogP contribution in [0.25, 0.3) is 0 Å². The number of likely N-dealkylation sites (N-methyl/N-ethyl adjacent to an activating group) is 1. The Morgan fingerprint density at radius 2 is 2.09 bits per heavy atom. The molecule has 1 amide bonds. The number of nitrogens with zero attached hydrogens (tertiary/aromatic N) is 3. The van der Waals surface area contributed by atoms with Gasteiger partial charge in [-0.1, -0.05) is 0 Å². The van der Waals surface area contributed by atoms with E-state index in [9.17, 15) is 4.79 Å². The highest BCUT2D eigenvalue weighted by Gasteiger charge is 2.41. The Morgan fingerprint density at radius 1 is 1.30 bits per heavy atom. The number of carbonyl (C=O) groups is 1. The zero-order valence-corrected chi connectivity index (χ0v) is 14.6. The van der Waals surface area contributed by atoms with Crippen LogP contribution in [0.3, 0.4) is 0 Å². The van der Waals surface area contributed by atoms with Crippen LogP contribution in [-0.4, -0.2) is 52.9 Å². The summed E-state index contributed by atoms with van der Waals surface area (Å²) in [6.07, 6.45) is 4.33. The van der Waals surface area contributed by atoms with Gasteiger partial charge in [0.15, 0.2) is 0 Å². The van der Waals surface area contributed by atoms with Crippen LogP contribution < -0.4 is 5.32 Å². The first-order valence-corrected chi connectivity index (χ1v) is 8.59. The summed E-state index contributed by atoms with van der Waals surface area (Å²) in [7, 11) is 3.86. The van der Waals surface area contributed by atoms with Crippen LogP contribution in [0.4, 0.5) is 0 Å².